The van der Waals surface area contributed by atoms with Gasteiger partial charge in [-0.3, -0.25) is 4.79 Å². The predicted octanol–water partition coefficient (Wildman–Crippen LogP) is 0.758. The van der Waals surface area contributed by atoms with Crippen molar-refractivity contribution in [2.45, 2.75) is 26.2 Å². The van der Waals surface area contributed by atoms with Crippen molar-refractivity contribution in [3.8, 4) is 0 Å². The van der Waals surface area contributed by atoms with E-state index in [4.69, 9.17) is 0 Å². The Kier molecular flexibility index (Phi) is 4.22. The Morgan fingerprint density at radius 2 is 2.15 bits per heavy atom. The minimum Gasteiger partial charge on any atom is -0.356 e. The van der Waals surface area contributed by atoms with Crippen LogP contribution in [0.5, 0.6) is 0 Å². The van der Waals surface area contributed by atoms with E-state index in [-0.39, 0.29) is 5.91 Å². The van der Waals surface area contributed by atoms with Crippen LogP contribution in [0.1, 0.15) is 26.2 Å². The lowest BCUT2D eigenvalue weighted by Crippen LogP contribution is -2.32. The van der Waals surface area contributed by atoms with E-state index in [1.165, 1.54) is 12.8 Å². The summed E-state index contributed by atoms with van der Waals surface area (Å²) in [7, 11) is 1.93. The summed E-state index contributed by atoms with van der Waals surface area (Å²) in [5.74, 6) is 1.44. The molecule has 3 heteroatoms. The highest BCUT2D eigenvalue weighted by molar-refractivity contribution is 5.76. The molecule has 1 unspecified atom stereocenters. The summed E-state index contributed by atoms with van der Waals surface area (Å²) in [5.41, 5.74) is 0. The highest BCUT2D eigenvalue weighted by Gasteiger charge is 2.24. The largest absolute Gasteiger partial charge is 0.356 e. The van der Waals surface area contributed by atoms with Crippen molar-refractivity contribution in [3.63, 3.8) is 0 Å². The van der Waals surface area contributed by atoms with E-state index in [1.54, 1.807) is 0 Å². The fraction of sp³-hybridized carbons (Fsp3) is 0.900. The normalized spacial score (nSPS) is 18.3. The number of hydrogen-bond donors (Lipinski definition) is 2. The van der Waals surface area contributed by atoms with Gasteiger partial charge in [0.1, 0.15) is 0 Å². The van der Waals surface area contributed by atoms with Crippen LogP contribution in [0.4, 0.5) is 0 Å². The first-order valence-electron chi connectivity index (χ1n) is 5.13. The van der Waals surface area contributed by atoms with Gasteiger partial charge >= 0.3 is 0 Å². The molecule has 1 aliphatic rings. The molecule has 1 fully saturated rings. The van der Waals surface area contributed by atoms with Crippen molar-refractivity contribution in [2.24, 2.45) is 11.8 Å². The van der Waals surface area contributed by atoms with Gasteiger partial charge in [0.2, 0.25) is 5.91 Å². The summed E-state index contributed by atoms with van der Waals surface area (Å²) in [6.07, 6.45) is 3.24. The van der Waals surface area contributed by atoms with Gasteiger partial charge in [-0.05, 0) is 38.3 Å². The molecule has 0 aromatic rings. The van der Waals surface area contributed by atoms with Crippen LogP contribution < -0.4 is 10.6 Å². The third kappa shape index (κ3) is 4.88. The van der Waals surface area contributed by atoms with Gasteiger partial charge in [0, 0.05) is 13.0 Å². The highest BCUT2D eigenvalue weighted by atomic mass is 16.1. The van der Waals surface area contributed by atoms with Crippen LogP contribution in [0, 0.1) is 11.8 Å². The lowest BCUT2D eigenvalue weighted by Gasteiger charge is -2.11. The van der Waals surface area contributed by atoms with Gasteiger partial charge in [0.25, 0.3) is 0 Å². The van der Waals surface area contributed by atoms with Gasteiger partial charge < -0.3 is 10.6 Å². The van der Waals surface area contributed by atoms with E-state index in [0.29, 0.717) is 11.8 Å². The Morgan fingerprint density at radius 3 is 2.69 bits per heavy atom. The minimum atomic E-state index is 0.227. The van der Waals surface area contributed by atoms with Crippen molar-refractivity contribution in [1.29, 1.82) is 0 Å². The topological polar surface area (TPSA) is 41.1 Å². The Hall–Kier alpha value is -0.570. The molecular weight excluding hydrogens is 164 g/mol. The molecule has 0 aromatic carbocycles. The van der Waals surface area contributed by atoms with Crippen molar-refractivity contribution in [1.82, 2.24) is 10.6 Å². The Labute approximate surface area is 80.3 Å². The molecule has 1 rings (SSSR count). The summed E-state index contributed by atoms with van der Waals surface area (Å²) in [4.78, 5) is 11.3. The van der Waals surface area contributed by atoms with Crippen LogP contribution >= 0.6 is 0 Å². The second-order valence-corrected chi connectivity index (χ2v) is 4.11. The van der Waals surface area contributed by atoms with Crippen molar-refractivity contribution in [2.75, 3.05) is 20.1 Å². The van der Waals surface area contributed by atoms with Gasteiger partial charge in [0.15, 0.2) is 0 Å². The summed E-state index contributed by atoms with van der Waals surface area (Å²) in [6.45, 7) is 3.89. The summed E-state index contributed by atoms with van der Waals surface area (Å²) >= 11 is 0. The van der Waals surface area contributed by atoms with E-state index in [9.17, 15) is 4.79 Å². The second kappa shape index (κ2) is 5.22. The van der Waals surface area contributed by atoms with E-state index in [1.807, 2.05) is 7.05 Å². The number of carbonyl (C=O) groups is 1. The molecule has 0 aromatic heterocycles. The SMILES string of the molecule is CNCC(C)CNC(=O)CC1CC1. The summed E-state index contributed by atoms with van der Waals surface area (Å²) < 4.78 is 0. The summed E-state index contributed by atoms with van der Waals surface area (Å²) in [6, 6.07) is 0. The highest BCUT2D eigenvalue weighted by Crippen LogP contribution is 2.31. The average molecular weight is 184 g/mol. The van der Waals surface area contributed by atoms with Crippen LogP contribution in [0.15, 0.2) is 0 Å². The minimum absolute atomic E-state index is 0.227. The number of rotatable bonds is 6. The van der Waals surface area contributed by atoms with Gasteiger partial charge in [-0.15, -0.1) is 0 Å². The van der Waals surface area contributed by atoms with Gasteiger partial charge in [-0.25, -0.2) is 0 Å². The Morgan fingerprint density at radius 1 is 1.46 bits per heavy atom. The van der Waals surface area contributed by atoms with Crippen LogP contribution in [0.2, 0.25) is 0 Å². The maximum Gasteiger partial charge on any atom is 0.220 e. The number of hydrogen-bond acceptors (Lipinski definition) is 2. The zero-order valence-corrected chi connectivity index (χ0v) is 8.60. The van der Waals surface area contributed by atoms with E-state index in [2.05, 4.69) is 17.6 Å². The Balaban J connectivity index is 1.99. The van der Waals surface area contributed by atoms with Crippen molar-refractivity contribution in [3.05, 3.63) is 0 Å². The van der Waals surface area contributed by atoms with Gasteiger partial charge in [-0.1, -0.05) is 6.92 Å². The molecule has 0 heterocycles. The molecule has 76 valence electrons. The van der Waals surface area contributed by atoms with Crippen LogP contribution in [-0.2, 0) is 4.79 Å². The van der Waals surface area contributed by atoms with Crippen LogP contribution in [0.3, 0.4) is 0 Å². The number of amides is 1. The van der Waals surface area contributed by atoms with E-state index in [0.717, 1.165) is 19.5 Å². The molecule has 3 nitrogen and oxygen atoms in total. The molecule has 0 spiro atoms. The average Bonchev–Trinajstić information content (AvgIpc) is 2.85. The first kappa shape index (κ1) is 10.5. The first-order chi connectivity index (χ1) is 6.22. The number of nitrogens with one attached hydrogen (secondary N) is 2. The molecular formula is C10H20N2O. The molecule has 1 amide bonds. The maximum atomic E-state index is 11.3. The molecule has 13 heavy (non-hydrogen) atoms. The molecule has 0 saturated heterocycles. The van der Waals surface area contributed by atoms with Crippen molar-refractivity contribution >= 4 is 5.91 Å². The smallest absolute Gasteiger partial charge is 0.220 e. The lowest BCUT2D eigenvalue weighted by molar-refractivity contribution is -0.121. The predicted molar refractivity (Wildman–Crippen MR) is 53.4 cm³/mol. The zero-order chi connectivity index (χ0) is 9.68. The standard InChI is InChI=1S/C10H20N2O/c1-8(6-11-2)7-12-10(13)5-9-3-4-9/h8-9,11H,3-7H2,1-2H3,(H,12,13). The third-order valence-corrected chi connectivity index (χ3v) is 2.37. The second-order valence-electron chi connectivity index (χ2n) is 4.11. The Bertz CT molecular complexity index is 166. The molecule has 1 atom stereocenters. The van der Waals surface area contributed by atoms with Crippen molar-refractivity contribution < 1.29 is 4.79 Å². The molecule has 1 aliphatic carbocycles. The summed E-state index contributed by atoms with van der Waals surface area (Å²) in [5, 5.41) is 6.05. The first-order valence-corrected chi connectivity index (χ1v) is 5.13. The molecule has 0 aliphatic heterocycles. The maximum absolute atomic E-state index is 11.3. The van der Waals surface area contributed by atoms with Gasteiger partial charge in [0.05, 0.1) is 0 Å². The zero-order valence-electron chi connectivity index (χ0n) is 8.60. The van der Waals surface area contributed by atoms with Gasteiger partial charge in [-0.2, -0.15) is 0 Å². The monoisotopic (exact) mass is 184 g/mol. The van der Waals surface area contributed by atoms with Crippen LogP contribution in [-0.4, -0.2) is 26.0 Å². The van der Waals surface area contributed by atoms with E-state index < -0.39 is 0 Å². The molecule has 1 saturated carbocycles. The fourth-order valence-electron chi connectivity index (χ4n) is 1.37. The molecule has 2 N–H and O–H groups in total. The quantitative estimate of drug-likeness (QED) is 0.640. The number of carbonyl (C=O) groups excluding carboxylic acids is 1. The third-order valence-electron chi connectivity index (χ3n) is 2.37. The molecule has 0 bridgehead atoms. The lowest BCUT2D eigenvalue weighted by atomic mass is 10.2. The fourth-order valence-corrected chi connectivity index (χ4v) is 1.37. The van der Waals surface area contributed by atoms with Crippen LogP contribution in [0.25, 0.3) is 0 Å². The molecule has 0 radical (unpaired) electrons. The van der Waals surface area contributed by atoms with E-state index >= 15 is 0 Å².